The molecule has 0 bridgehead atoms. The first-order chi connectivity index (χ1) is 20.3. The number of nitrogens with zero attached hydrogens (tertiary/aromatic N) is 1. The van der Waals surface area contributed by atoms with Gasteiger partial charge in [-0.1, -0.05) is 108 Å². The van der Waals surface area contributed by atoms with Gasteiger partial charge >= 0.3 is 13.9 Å². The van der Waals surface area contributed by atoms with E-state index in [0.29, 0.717) is 0 Å². The molecule has 3 N–H and O–H groups in total. The molecule has 1 fully saturated rings. The molecule has 0 aliphatic carbocycles. The Labute approximate surface area is 262 Å². The first-order valence-electron chi connectivity index (χ1n) is 15.9. The number of rotatable bonds is 24. The Morgan fingerprint density at radius 1 is 1.07 bits per heavy atom. The maximum atomic E-state index is 12.6. The number of hydrogen-bond donors (Lipinski definition) is 2. The number of alkyl carbamates (subject to hydrolysis) is 1. The summed E-state index contributed by atoms with van der Waals surface area (Å²) in [7, 11) is -4.46. The zero-order valence-electron chi connectivity index (χ0n) is 26.3. The summed E-state index contributed by atoms with van der Waals surface area (Å²) in [5, 5.41) is 4.62. The normalized spacial score (nSPS) is 19.4. The number of phosphoric acid groups is 1. The third-order valence-electron chi connectivity index (χ3n) is 7.54. The van der Waals surface area contributed by atoms with Gasteiger partial charge in [-0.15, -0.1) is 0 Å². The van der Waals surface area contributed by atoms with Crippen LogP contribution >= 0.6 is 19.2 Å². The Hall–Kier alpha value is -1.40. The van der Waals surface area contributed by atoms with E-state index in [1.165, 1.54) is 88.4 Å². The molecule has 13 heteroatoms. The van der Waals surface area contributed by atoms with Gasteiger partial charge in [0.25, 0.3) is 0 Å². The van der Waals surface area contributed by atoms with Crippen molar-refractivity contribution >= 4 is 31.0 Å². The minimum Gasteiger partial charge on any atom is -0.870 e. The average Bonchev–Trinajstić information content (AvgIpc) is 3.60. The smallest absolute Gasteiger partial charge is 0.472 e. The molecule has 43 heavy (non-hydrogen) atoms. The highest BCUT2D eigenvalue weighted by Crippen LogP contribution is 2.46. The number of unbranched alkanes of at least 4 members (excludes halogenated alkanes) is 13. The second kappa shape index (κ2) is 23.0. The monoisotopic (exact) mass is 650 g/mol. The van der Waals surface area contributed by atoms with Gasteiger partial charge < -0.3 is 25.2 Å². The van der Waals surface area contributed by atoms with Crippen LogP contribution in [0.4, 0.5) is 4.79 Å². The first-order valence-corrected chi connectivity index (χ1v) is 18.4. The van der Waals surface area contributed by atoms with E-state index in [-0.39, 0.29) is 37.1 Å². The van der Waals surface area contributed by atoms with Crippen molar-refractivity contribution in [2.24, 2.45) is 0 Å². The van der Waals surface area contributed by atoms with Crippen LogP contribution < -0.4 is 9.88 Å². The molecule has 0 spiro atoms. The predicted molar refractivity (Wildman–Crippen MR) is 165 cm³/mol. The maximum Gasteiger partial charge on any atom is 0.472 e. The van der Waals surface area contributed by atoms with Crippen molar-refractivity contribution in [3.05, 3.63) is 17.1 Å². The SMILES string of the molecule is CCCCCCCCCCCCCCCCC(C)NC(=O)OCC(OP(=O)(O)OCC)C1OCC(=O)C1[n+]1ccsc1.[OH-]. The molecule has 5 atom stereocenters. The van der Waals surface area contributed by atoms with E-state index in [1.54, 1.807) is 28.6 Å². The van der Waals surface area contributed by atoms with E-state index < -0.39 is 32.2 Å². The quantitative estimate of drug-likeness (QED) is 0.0692. The van der Waals surface area contributed by atoms with Crippen LogP contribution in [0.25, 0.3) is 0 Å². The lowest BCUT2D eigenvalue weighted by molar-refractivity contribution is -0.709. The van der Waals surface area contributed by atoms with Crippen LogP contribution in [0, 0.1) is 0 Å². The van der Waals surface area contributed by atoms with Crippen molar-refractivity contribution in [1.29, 1.82) is 0 Å². The van der Waals surface area contributed by atoms with E-state index in [2.05, 4.69) is 12.2 Å². The van der Waals surface area contributed by atoms with Crippen LogP contribution in [-0.4, -0.2) is 60.3 Å². The van der Waals surface area contributed by atoms with Gasteiger partial charge in [0.15, 0.2) is 12.3 Å². The van der Waals surface area contributed by atoms with Gasteiger partial charge in [0.1, 0.15) is 19.3 Å². The summed E-state index contributed by atoms with van der Waals surface area (Å²) < 4.78 is 35.3. The highest BCUT2D eigenvalue weighted by atomic mass is 32.1. The molecule has 2 heterocycles. The molecule has 0 radical (unpaired) electrons. The highest BCUT2D eigenvalue weighted by molar-refractivity contribution is 7.47. The summed E-state index contributed by atoms with van der Waals surface area (Å²) in [6.07, 6.45) is 18.0. The molecule has 1 aliphatic heterocycles. The van der Waals surface area contributed by atoms with Crippen LogP contribution in [0.1, 0.15) is 123 Å². The van der Waals surface area contributed by atoms with Crippen LogP contribution in [0.5, 0.6) is 0 Å². The number of hydrogen-bond acceptors (Lipinski definition) is 9. The minimum absolute atomic E-state index is 0. The maximum absolute atomic E-state index is 12.6. The summed E-state index contributed by atoms with van der Waals surface area (Å²) in [5.74, 6) is -0.201. The van der Waals surface area contributed by atoms with E-state index >= 15 is 0 Å². The van der Waals surface area contributed by atoms with Gasteiger partial charge in [-0.25, -0.2) is 9.36 Å². The molecule has 1 aromatic heterocycles. The molecule has 1 amide bonds. The molecule has 250 valence electrons. The lowest BCUT2D eigenvalue weighted by Crippen LogP contribution is -2.51. The van der Waals surface area contributed by atoms with Crippen molar-refractivity contribution in [3.63, 3.8) is 0 Å². The molecule has 2 rings (SSSR count). The molecule has 11 nitrogen and oxygen atoms in total. The van der Waals surface area contributed by atoms with Gasteiger partial charge in [0.05, 0.1) is 12.0 Å². The molecule has 1 saturated heterocycles. The number of phosphoric ester groups is 1. The van der Waals surface area contributed by atoms with Crippen molar-refractivity contribution in [1.82, 2.24) is 5.32 Å². The fourth-order valence-corrected chi connectivity index (χ4v) is 6.79. The number of carbonyl (C=O) groups is 2. The standard InChI is InChI=1S/C30H53N2O8PS.H2O/c1-4-6-7-8-9-10-11-12-13-14-15-16-17-18-19-25(3)31-30(34)38-23-27(40-41(35,36)39-5-2)29-28(26(33)22-37-29)32-20-21-42-24-32;/h20-21,24-25,27-29H,4-19,22-23H2,1-3H3,(H-,31,34,35,36);1H2. The van der Waals surface area contributed by atoms with Gasteiger partial charge in [0, 0.05) is 6.04 Å². The zero-order chi connectivity index (χ0) is 30.6. The van der Waals surface area contributed by atoms with Crippen LogP contribution in [0.2, 0.25) is 0 Å². The van der Waals surface area contributed by atoms with Crippen molar-refractivity contribution in [3.8, 4) is 0 Å². The Morgan fingerprint density at radius 3 is 2.19 bits per heavy atom. The first kappa shape index (κ1) is 39.6. The summed E-state index contributed by atoms with van der Waals surface area (Å²) in [5.41, 5.74) is 1.74. The number of Topliss-reactive ketones (excluding diaryl/α,β-unsaturated/α-hetero) is 1. The van der Waals surface area contributed by atoms with Crippen LogP contribution in [-0.2, 0) is 27.9 Å². The van der Waals surface area contributed by atoms with Gasteiger partial charge in [-0.2, -0.15) is 4.57 Å². The number of carbonyl (C=O) groups excluding carboxylic acids is 2. The lowest BCUT2D eigenvalue weighted by atomic mass is 10.0. The number of nitrogens with one attached hydrogen (secondary N) is 1. The second-order valence-electron chi connectivity index (χ2n) is 11.2. The molecular weight excluding hydrogens is 595 g/mol. The van der Waals surface area contributed by atoms with E-state index in [4.69, 9.17) is 18.5 Å². The van der Waals surface area contributed by atoms with Crippen LogP contribution in [0.15, 0.2) is 17.1 Å². The van der Waals surface area contributed by atoms with Gasteiger partial charge in [-0.05, 0) is 20.3 Å². The fraction of sp³-hybridized carbons (Fsp3) is 0.833. The summed E-state index contributed by atoms with van der Waals surface area (Å²) >= 11 is 1.40. The predicted octanol–water partition coefficient (Wildman–Crippen LogP) is 6.88. The largest absolute Gasteiger partial charge is 0.870 e. The topological polar surface area (TPSA) is 154 Å². The lowest BCUT2D eigenvalue weighted by Gasteiger charge is -2.25. The summed E-state index contributed by atoms with van der Waals surface area (Å²) in [6, 6.07) is -0.853. The summed E-state index contributed by atoms with van der Waals surface area (Å²) in [4.78, 5) is 35.2. The Kier molecular flexibility index (Phi) is 21.2. The zero-order valence-corrected chi connectivity index (χ0v) is 28.0. The Bertz CT molecular complexity index is 921. The number of aromatic nitrogens is 1. The molecule has 0 saturated carbocycles. The van der Waals surface area contributed by atoms with E-state index in [1.807, 2.05) is 6.92 Å². The molecule has 1 aromatic rings. The van der Waals surface area contributed by atoms with Gasteiger partial charge in [-0.3, -0.25) is 13.8 Å². The number of ketones is 1. The average molecular weight is 651 g/mol. The third kappa shape index (κ3) is 16.5. The Morgan fingerprint density at radius 2 is 1.65 bits per heavy atom. The van der Waals surface area contributed by atoms with Crippen LogP contribution in [0.3, 0.4) is 0 Å². The molecule has 0 aromatic carbocycles. The molecular formula is C30H55N2O9PS. The number of ether oxygens (including phenoxy) is 2. The molecule has 1 aliphatic rings. The Balaban J connectivity index is 0.00000924. The van der Waals surface area contributed by atoms with Gasteiger partial charge in [0.2, 0.25) is 17.3 Å². The fourth-order valence-electron chi connectivity index (χ4n) is 5.26. The third-order valence-corrected chi connectivity index (χ3v) is 9.30. The highest BCUT2D eigenvalue weighted by Gasteiger charge is 2.50. The summed E-state index contributed by atoms with van der Waals surface area (Å²) in [6.45, 7) is 5.14. The molecule has 5 unspecified atom stereocenters. The number of amides is 1. The minimum atomic E-state index is -4.46. The second-order valence-corrected chi connectivity index (χ2v) is 13.4. The van der Waals surface area contributed by atoms with Crippen molar-refractivity contribution < 1.29 is 47.6 Å². The van der Waals surface area contributed by atoms with E-state index in [0.717, 1.165) is 19.3 Å². The van der Waals surface area contributed by atoms with Crippen molar-refractivity contribution in [2.75, 3.05) is 19.8 Å². The van der Waals surface area contributed by atoms with E-state index in [9.17, 15) is 19.0 Å². The van der Waals surface area contributed by atoms with Crippen molar-refractivity contribution in [2.45, 2.75) is 141 Å². The number of thiazole rings is 1.